The van der Waals surface area contributed by atoms with E-state index in [9.17, 15) is 0 Å². The second-order valence-electron chi connectivity index (χ2n) is 4.76. The first kappa shape index (κ1) is 12.2. The number of pyridine rings is 1. The number of hydrogen-bond donors (Lipinski definition) is 1. The van der Waals surface area contributed by atoms with Crippen molar-refractivity contribution in [2.75, 3.05) is 25.1 Å². The minimum absolute atomic E-state index is 0.265. The van der Waals surface area contributed by atoms with Crippen molar-refractivity contribution in [3.05, 3.63) is 18.3 Å². The molecule has 1 aromatic heterocycles. The maximum absolute atomic E-state index is 6.00. The third-order valence-corrected chi connectivity index (χ3v) is 3.49. The number of methoxy groups -OCH3 is 1. The molecule has 0 bridgehead atoms. The lowest BCUT2D eigenvalue weighted by Gasteiger charge is -2.36. The minimum Gasteiger partial charge on any atom is -0.481 e. The second kappa shape index (κ2) is 5.36. The maximum atomic E-state index is 6.00. The van der Waals surface area contributed by atoms with E-state index in [0.717, 1.165) is 13.1 Å². The maximum Gasteiger partial charge on any atom is 0.214 e. The Hall–Kier alpha value is -1.29. The van der Waals surface area contributed by atoms with Gasteiger partial charge < -0.3 is 15.4 Å². The average Bonchev–Trinajstić information content (AvgIpc) is 2.39. The van der Waals surface area contributed by atoms with Crippen LogP contribution in [0.25, 0.3) is 0 Å². The van der Waals surface area contributed by atoms with E-state index in [1.54, 1.807) is 13.3 Å². The molecule has 17 heavy (non-hydrogen) atoms. The van der Waals surface area contributed by atoms with Crippen LogP contribution >= 0.6 is 0 Å². The highest BCUT2D eigenvalue weighted by Gasteiger charge is 2.23. The lowest BCUT2D eigenvalue weighted by Crippen LogP contribution is -2.42. The predicted octanol–water partition coefficient (Wildman–Crippen LogP) is 1.65. The van der Waals surface area contributed by atoms with Gasteiger partial charge in [-0.05, 0) is 31.7 Å². The predicted molar refractivity (Wildman–Crippen MR) is 69.4 cm³/mol. The topological polar surface area (TPSA) is 51.4 Å². The fraction of sp³-hybridized carbons (Fsp3) is 0.615. The van der Waals surface area contributed by atoms with Gasteiger partial charge in [-0.2, -0.15) is 0 Å². The van der Waals surface area contributed by atoms with Crippen LogP contribution in [0.1, 0.15) is 19.8 Å². The average molecular weight is 235 g/mol. The fourth-order valence-electron chi connectivity index (χ4n) is 2.38. The monoisotopic (exact) mass is 235 g/mol. The molecule has 1 aliphatic heterocycles. The molecule has 0 amide bonds. The Balaban J connectivity index is 2.10. The van der Waals surface area contributed by atoms with Crippen molar-refractivity contribution in [1.82, 2.24) is 4.98 Å². The third-order valence-electron chi connectivity index (χ3n) is 3.49. The molecule has 1 aromatic rings. The highest BCUT2D eigenvalue weighted by atomic mass is 16.5. The SMILES string of the molecule is COc1cc(N2CCCC(C(C)N)C2)ccn1. The van der Waals surface area contributed by atoms with E-state index in [1.807, 2.05) is 12.1 Å². The summed E-state index contributed by atoms with van der Waals surface area (Å²) >= 11 is 0. The number of piperidine rings is 1. The van der Waals surface area contributed by atoms with Gasteiger partial charge in [0.15, 0.2) is 0 Å². The first-order valence-electron chi connectivity index (χ1n) is 6.21. The quantitative estimate of drug-likeness (QED) is 0.865. The number of hydrogen-bond acceptors (Lipinski definition) is 4. The molecule has 4 nitrogen and oxygen atoms in total. The fourth-order valence-corrected chi connectivity index (χ4v) is 2.38. The summed E-state index contributed by atoms with van der Waals surface area (Å²) in [6, 6.07) is 4.29. The van der Waals surface area contributed by atoms with Gasteiger partial charge in [-0.25, -0.2) is 4.98 Å². The largest absolute Gasteiger partial charge is 0.481 e. The summed E-state index contributed by atoms with van der Waals surface area (Å²) in [6.45, 7) is 4.22. The Kier molecular flexibility index (Phi) is 3.84. The zero-order valence-corrected chi connectivity index (χ0v) is 10.6. The van der Waals surface area contributed by atoms with Crippen molar-refractivity contribution in [3.8, 4) is 5.88 Å². The van der Waals surface area contributed by atoms with Crippen molar-refractivity contribution in [2.45, 2.75) is 25.8 Å². The van der Waals surface area contributed by atoms with Crippen LogP contribution in [0.2, 0.25) is 0 Å². The van der Waals surface area contributed by atoms with E-state index < -0.39 is 0 Å². The van der Waals surface area contributed by atoms with Crippen LogP contribution in [0.15, 0.2) is 18.3 Å². The van der Waals surface area contributed by atoms with Gasteiger partial charge in [-0.15, -0.1) is 0 Å². The summed E-state index contributed by atoms with van der Waals surface area (Å²) in [6.07, 6.45) is 4.23. The van der Waals surface area contributed by atoms with Crippen molar-refractivity contribution in [3.63, 3.8) is 0 Å². The molecule has 4 heteroatoms. The van der Waals surface area contributed by atoms with E-state index in [1.165, 1.54) is 18.5 Å². The van der Waals surface area contributed by atoms with Crippen LogP contribution in [-0.2, 0) is 0 Å². The van der Waals surface area contributed by atoms with Gasteiger partial charge in [-0.3, -0.25) is 0 Å². The number of ether oxygens (including phenoxy) is 1. The van der Waals surface area contributed by atoms with E-state index in [-0.39, 0.29) is 6.04 Å². The molecule has 1 fully saturated rings. The number of nitrogens with two attached hydrogens (primary N) is 1. The number of aromatic nitrogens is 1. The van der Waals surface area contributed by atoms with E-state index >= 15 is 0 Å². The lowest BCUT2D eigenvalue weighted by molar-refractivity contribution is 0.363. The highest BCUT2D eigenvalue weighted by molar-refractivity contribution is 5.48. The molecule has 1 aliphatic rings. The molecule has 0 spiro atoms. The van der Waals surface area contributed by atoms with Crippen LogP contribution in [-0.4, -0.2) is 31.2 Å². The summed E-state index contributed by atoms with van der Waals surface area (Å²) in [7, 11) is 1.65. The molecular formula is C13H21N3O. The molecule has 1 saturated heterocycles. The Morgan fingerprint density at radius 3 is 3.12 bits per heavy atom. The third kappa shape index (κ3) is 2.88. The van der Waals surface area contributed by atoms with Crippen LogP contribution in [0.3, 0.4) is 0 Å². The molecule has 0 saturated carbocycles. The normalized spacial score (nSPS) is 22.3. The lowest BCUT2D eigenvalue weighted by atomic mass is 9.92. The summed E-state index contributed by atoms with van der Waals surface area (Å²) in [5.74, 6) is 1.26. The van der Waals surface area contributed by atoms with Crippen molar-refractivity contribution < 1.29 is 4.74 Å². The molecule has 0 radical (unpaired) electrons. The summed E-state index contributed by atoms with van der Waals surface area (Å²) < 4.78 is 5.16. The van der Waals surface area contributed by atoms with Gasteiger partial charge >= 0.3 is 0 Å². The van der Waals surface area contributed by atoms with Crippen molar-refractivity contribution >= 4 is 5.69 Å². The molecule has 2 N–H and O–H groups in total. The Morgan fingerprint density at radius 1 is 1.59 bits per heavy atom. The summed E-state index contributed by atoms with van der Waals surface area (Å²) in [5, 5.41) is 0. The van der Waals surface area contributed by atoms with Gasteiger partial charge in [0.1, 0.15) is 0 Å². The van der Waals surface area contributed by atoms with E-state index in [4.69, 9.17) is 10.5 Å². The Morgan fingerprint density at radius 2 is 2.41 bits per heavy atom. The summed E-state index contributed by atoms with van der Waals surface area (Å²) in [4.78, 5) is 6.51. The highest BCUT2D eigenvalue weighted by Crippen LogP contribution is 2.25. The molecule has 2 rings (SSSR count). The van der Waals surface area contributed by atoms with Crippen LogP contribution in [0, 0.1) is 5.92 Å². The molecular weight excluding hydrogens is 214 g/mol. The van der Waals surface area contributed by atoms with E-state index in [2.05, 4.69) is 16.8 Å². The molecule has 0 aromatic carbocycles. The van der Waals surface area contributed by atoms with Gasteiger partial charge in [0.05, 0.1) is 7.11 Å². The zero-order valence-electron chi connectivity index (χ0n) is 10.6. The molecule has 2 heterocycles. The zero-order chi connectivity index (χ0) is 12.3. The minimum atomic E-state index is 0.265. The number of nitrogens with zero attached hydrogens (tertiary/aromatic N) is 2. The van der Waals surface area contributed by atoms with Crippen LogP contribution in [0.4, 0.5) is 5.69 Å². The van der Waals surface area contributed by atoms with Crippen LogP contribution < -0.4 is 15.4 Å². The van der Waals surface area contributed by atoms with E-state index in [0.29, 0.717) is 11.8 Å². The number of anilines is 1. The first-order valence-corrected chi connectivity index (χ1v) is 6.21. The second-order valence-corrected chi connectivity index (χ2v) is 4.76. The molecule has 2 atom stereocenters. The standard InChI is InChI=1S/C13H21N3O/c1-10(14)11-4-3-7-16(9-11)12-5-6-15-13(8-12)17-2/h5-6,8,10-11H,3-4,7,9,14H2,1-2H3. The van der Waals surface area contributed by atoms with Crippen molar-refractivity contribution in [2.24, 2.45) is 11.7 Å². The van der Waals surface area contributed by atoms with Gasteiger partial charge in [0.2, 0.25) is 5.88 Å². The number of rotatable bonds is 3. The van der Waals surface area contributed by atoms with Gasteiger partial charge in [0.25, 0.3) is 0 Å². The smallest absolute Gasteiger partial charge is 0.214 e. The molecule has 0 aliphatic carbocycles. The first-order chi connectivity index (χ1) is 8.20. The van der Waals surface area contributed by atoms with Crippen LogP contribution in [0.5, 0.6) is 5.88 Å². The molecule has 94 valence electrons. The van der Waals surface area contributed by atoms with Gasteiger partial charge in [-0.1, -0.05) is 0 Å². The van der Waals surface area contributed by atoms with Crippen molar-refractivity contribution in [1.29, 1.82) is 0 Å². The Bertz CT molecular complexity index is 367. The van der Waals surface area contributed by atoms with Gasteiger partial charge in [0, 0.05) is 37.1 Å². The molecule has 2 unspecified atom stereocenters. The summed E-state index contributed by atoms with van der Waals surface area (Å²) in [5.41, 5.74) is 7.18. The Labute approximate surface area is 103 Å².